The zero-order valence-corrected chi connectivity index (χ0v) is 9.42. The minimum Gasteiger partial charge on any atom is -0.370 e. The largest absolute Gasteiger partial charge is 0.370 e. The number of carbonyl (C=O) groups is 1. The normalized spacial score (nSPS) is 20.2. The Kier molecular flexibility index (Phi) is 3.84. The Morgan fingerprint density at radius 2 is 2.18 bits per heavy atom. The number of hydrogen-bond donors (Lipinski definition) is 0. The van der Waals surface area contributed by atoms with Crippen molar-refractivity contribution in [3.8, 4) is 0 Å². The van der Waals surface area contributed by atoms with Gasteiger partial charge in [-0.05, 0) is 30.9 Å². The first kappa shape index (κ1) is 12.2. The van der Waals surface area contributed by atoms with Crippen molar-refractivity contribution in [1.29, 1.82) is 0 Å². The van der Waals surface area contributed by atoms with Crippen LogP contribution >= 0.6 is 0 Å². The fourth-order valence-electron chi connectivity index (χ4n) is 1.96. The molecule has 0 saturated carbocycles. The topological polar surface area (TPSA) is 26.3 Å². The van der Waals surface area contributed by atoms with E-state index in [1.54, 1.807) is 0 Å². The lowest BCUT2D eigenvalue weighted by molar-refractivity contribution is -0.132. The van der Waals surface area contributed by atoms with E-state index in [1.807, 2.05) is 0 Å². The molecule has 1 fully saturated rings. The first-order valence-corrected chi connectivity index (χ1v) is 5.75. The lowest BCUT2D eigenvalue weighted by Crippen LogP contribution is -2.29. The van der Waals surface area contributed by atoms with Crippen LogP contribution < -0.4 is 0 Å². The number of Topliss-reactive ketones (excluding diaryl/α,β-unsaturated/α-hetero) is 1. The summed E-state index contributed by atoms with van der Waals surface area (Å²) in [4.78, 5) is 11.8. The van der Waals surface area contributed by atoms with Crippen LogP contribution in [-0.2, 0) is 16.0 Å². The Balaban J connectivity index is 2.02. The molecule has 1 saturated heterocycles. The van der Waals surface area contributed by atoms with Gasteiger partial charge in [0.1, 0.15) is 17.7 Å². The van der Waals surface area contributed by atoms with E-state index in [0.29, 0.717) is 13.0 Å². The van der Waals surface area contributed by atoms with Crippen LogP contribution in [0.25, 0.3) is 0 Å². The molecule has 1 aromatic rings. The molecule has 0 N–H and O–H groups in total. The molecule has 1 aromatic carbocycles. The van der Waals surface area contributed by atoms with E-state index in [0.717, 1.165) is 25.0 Å². The molecule has 0 radical (unpaired) electrons. The molecule has 1 atom stereocenters. The molecule has 2 nitrogen and oxygen atoms in total. The van der Waals surface area contributed by atoms with Crippen LogP contribution in [-0.4, -0.2) is 18.5 Å². The van der Waals surface area contributed by atoms with E-state index in [2.05, 4.69) is 0 Å². The molecule has 1 heterocycles. The fraction of sp³-hybridized carbons (Fsp3) is 0.462. The Bertz CT molecular complexity index is 412. The molecular weight excluding hydrogens is 226 g/mol. The van der Waals surface area contributed by atoms with Gasteiger partial charge >= 0.3 is 0 Å². The first-order valence-electron chi connectivity index (χ1n) is 5.75. The summed E-state index contributed by atoms with van der Waals surface area (Å²) < 4.78 is 31.4. The van der Waals surface area contributed by atoms with Gasteiger partial charge in [-0.15, -0.1) is 0 Å². The Hall–Kier alpha value is -1.29. The average Bonchev–Trinajstić information content (AvgIpc) is 2.34. The molecule has 1 unspecified atom stereocenters. The number of benzene rings is 1. The maximum atomic E-state index is 13.3. The lowest BCUT2D eigenvalue weighted by atomic mass is 9.99. The number of ether oxygens (including phenoxy) is 1. The average molecular weight is 240 g/mol. The van der Waals surface area contributed by atoms with Crippen molar-refractivity contribution in [2.45, 2.75) is 31.8 Å². The highest BCUT2D eigenvalue weighted by atomic mass is 19.1. The monoisotopic (exact) mass is 240 g/mol. The first-order chi connectivity index (χ1) is 8.16. The number of hydrogen-bond acceptors (Lipinski definition) is 2. The minimum atomic E-state index is -0.672. The summed E-state index contributed by atoms with van der Waals surface area (Å²) in [7, 11) is 0. The smallest absolute Gasteiger partial charge is 0.166 e. The number of halogens is 2. The van der Waals surface area contributed by atoms with Crippen LogP contribution in [0.15, 0.2) is 18.2 Å². The molecule has 2 rings (SSSR count). The van der Waals surface area contributed by atoms with Gasteiger partial charge in [0, 0.05) is 19.1 Å². The maximum absolute atomic E-state index is 13.3. The Morgan fingerprint density at radius 3 is 2.82 bits per heavy atom. The number of rotatable bonds is 3. The van der Waals surface area contributed by atoms with Gasteiger partial charge in [0.15, 0.2) is 5.78 Å². The van der Waals surface area contributed by atoms with Gasteiger partial charge in [0.2, 0.25) is 0 Å². The van der Waals surface area contributed by atoms with Crippen molar-refractivity contribution >= 4 is 5.78 Å². The van der Waals surface area contributed by atoms with E-state index in [1.165, 1.54) is 6.07 Å². The third-order valence-electron chi connectivity index (χ3n) is 2.92. The standard InChI is InChI=1S/C13H14F2O2/c14-10-5-4-9(11(15)8-10)7-12(16)13-3-1-2-6-17-13/h4-5,8,13H,1-3,6-7H2. The van der Waals surface area contributed by atoms with Crippen molar-refractivity contribution in [2.75, 3.05) is 6.61 Å². The molecular formula is C13H14F2O2. The molecule has 0 bridgehead atoms. The molecule has 1 aliphatic rings. The highest BCUT2D eigenvalue weighted by Crippen LogP contribution is 2.17. The predicted molar refractivity (Wildman–Crippen MR) is 58.7 cm³/mol. The molecule has 92 valence electrons. The highest BCUT2D eigenvalue weighted by Gasteiger charge is 2.22. The maximum Gasteiger partial charge on any atom is 0.166 e. The Labute approximate surface area is 98.6 Å². The van der Waals surface area contributed by atoms with Crippen LogP contribution in [0.1, 0.15) is 24.8 Å². The van der Waals surface area contributed by atoms with Crippen LogP contribution in [0.5, 0.6) is 0 Å². The lowest BCUT2D eigenvalue weighted by Gasteiger charge is -2.21. The van der Waals surface area contributed by atoms with Gasteiger partial charge in [-0.3, -0.25) is 4.79 Å². The van der Waals surface area contributed by atoms with Crippen molar-refractivity contribution in [3.05, 3.63) is 35.4 Å². The summed E-state index contributed by atoms with van der Waals surface area (Å²) in [5.41, 5.74) is 0.227. The van der Waals surface area contributed by atoms with Gasteiger partial charge in [0.05, 0.1) is 0 Å². The van der Waals surface area contributed by atoms with Crippen LogP contribution in [0.4, 0.5) is 8.78 Å². The highest BCUT2D eigenvalue weighted by molar-refractivity contribution is 5.85. The fourth-order valence-corrected chi connectivity index (χ4v) is 1.96. The van der Waals surface area contributed by atoms with Crippen LogP contribution in [0.3, 0.4) is 0 Å². The molecule has 0 spiro atoms. The SMILES string of the molecule is O=C(Cc1ccc(F)cc1F)C1CCCCO1. The van der Waals surface area contributed by atoms with E-state index in [9.17, 15) is 13.6 Å². The van der Waals surface area contributed by atoms with Crippen LogP contribution in [0, 0.1) is 11.6 Å². The van der Waals surface area contributed by atoms with E-state index in [4.69, 9.17) is 4.74 Å². The molecule has 0 aliphatic carbocycles. The van der Waals surface area contributed by atoms with Crippen molar-refractivity contribution < 1.29 is 18.3 Å². The van der Waals surface area contributed by atoms with Gasteiger partial charge < -0.3 is 4.74 Å². The molecule has 1 aliphatic heterocycles. The predicted octanol–water partition coefficient (Wildman–Crippen LogP) is 2.65. The van der Waals surface area contributed by atoms with Crippen molar-refractivity contribution in [3.63, 3.8) is 0 Å². The number of carbonyl (C=O) groups excluding carboxylic acids is 1. The summed E-state index contributed by atoms with van der Waals surface area (Å²) in [5, 5.41) is 0. The van der Waals surface area contributed by atoms with Gasteiger partial charge in [-0.1, -0.05) is 6.07 Å². The van der Waals surface area contributed by atoms with Crippen molar-refractivity contribution in [1.82, 2.24) is 0 Å². The molecule has 17 heavy (non-hydrogen) atoms. The molecule has 0 amide bonds. The Morgan fingerprint density at radius 1 is 1.35 bits per heavy atom. The number of ketones is 1. The van der Waals surface area contributed by atoms with Gasteiger partial charge in [-0.25, -0.2) is 8.78 Å². The summed E-state index contributed by atoms with van der Waals surface area (Å²) in [6.45, 7) is 0.586. The molecule has 0 aromatic heterocycles. The third-order valence-corrected chi connectivity index (χ3v) is 2.92. The minimum absolute atomic E-state index is 0.0310. The summed E-state index contributed by atoms with van der Waals surface area (Å²) in [6.07, 6.45) is 2.17. The van der Waals surface area contributed by atoms with Gasteiger partial charge in [-0.2, -0.15) is 0 Å². The van der Waals surface area contributed by atoms with E-state index < -0.39 is 17.7 Å². The van der Waals surface area contributed by atoms with E-state index >= 15 is 0 Å². The second kappa shape index (κ2) is 5.36. The van der Waals surface area contributed by atoms with E-state index in [-0.39, 0.29) is 17.8 Å². The summed E-state index contributed by atoms with van der Waals surface area (Å²) in [6, 6.07) is 3.27. The second-order valence-electron chi connectivity index (χ2n) is 4.23. The summed E-state index contributed by atoms with van der Waals surface area (Å²) in [5.74, 6) is -1.43. The van der Waals surface area contributed by atoms with Crippen molar-refractivity contribution in [2.24, 2.45) is 0 Å². The second-order valence-corrected chi connectivity index (χ2v) is 4.23. The molecule has 4 heteroatoms. The quantitative estimate of drug-likeness (QED) is 0.811. The van der Waals surface area contributed by atoms with Gasteiger partial charge in [0.25, 0.3) is 0 Å². The zero-order chi connectivity index (χ0) is 12.3. The zero-order valence-electron chi connectivity index (χ0n) is 9.42. The van der Waals surface area contributed by atoms with Crippen LogP contribution in [0.2, 0.25) is 0 Å². The summed E-state index contributed by atoms with van der Waals surface area (Å²) >= 11 is 0. The third kappa shape index (κ3) is 3.09.